The molecule has 1 aliphatic heterocycles. The van der Waals surface area contributed by atoms with E-state index in [9.17, 15) is 4.79 Å². The molecule has 1 heterocycles. The molecule has 1 fully saturated rings. The smallest absolute Gasteiger partial charge is 0.323 e. The Kier molecular flexibility index (Phi) is 4.14. The first kappa shape index (κ1) is 13.2. The Balaban J connectivity index is 2.57. The predicted octanol–water partition coefficient (Wildman–Crippen LogP) is 2.27. The van der Waals surface area contributed by atoms with E-state index in [1.54, 1.807) is 0 Å². The zero-order valence-corrected chi connectivity index (χ0v) is 10.7. The zero-order valence-electron chi connectivity index (χ0n) is 10.7. The summed E-state index contributed by atoms with van der Waals surface area (Å²) in [6.45, 7) is 11.6. The third kappa shape index (κ3) is 3.34. The van der Waals surface area contributed by atoms with Crippen molar-refractivity contribution in [3.05, 3.63) is 12.7 Å². The van der Waals surface area contributed by atoms with Gasteiger partial charge in [0.2, 0.25) is 0 Å². The van der Waals surface area contributed by atoms with Crippen molar-refractivity contribution in [1.29, 1.82) is 0 Å². The molecule has 0 amide bonds. The van der Waals surface area contributed by atoms with Crippen LogP contribution >= 0.6 is 0 Å². The molecule has 0 aliphatic carbocycles. The van der Waals surface area contributed by atoms with Crippen LogP contribution in [0.4, 0.5) is 0 Å². The number of esters is 1. The molecule has 3 atom stereocenters. The van der Waals surface area contributed by atoms with Gasteiger partial charge in [-0.25, -0.2) is 0 Å². The molecule has 0 unspecified atom stereocenters. The van der Waals surface area contributed by atoms with Crippen LogP contribution in [0.5, 0.6) is 0 Å². The molecule has 0 radical (unpaired) electrons. The minimum Gasteiger partial charge on any atom is -0.459 e. The van der Waals surface area contributed by atoms with Crippen molar-refractivity contribution in [1.82, 2.24) is 5.32 Å². The van der Waals surface area contributed by atoms with E-state index in [4.69, 9.17) is 4.74 Å². The van der Waals surface area contributed by atoms with Crippen LogP contribution in [0, 0.1) is 5.92 Å². The first-order valence-electron chi connectivity index (χ1n) is 5.99. The third-order valence-corrected chi connectivity index (χ3v) is 2.91. The lowest BCUT2D eigenvalue weighted by Gasteiger charge is -2.22. The average molecular weight is 225 g/mol. The van der Waals surface area contributed by atoms with Gasteiger partial charge in [-0.05, 0) is 33.1 Å². The summed E-state index contributed by atoms with van der Waals surface area (Å²) < 4.78 is 5.37. The van der Waals surface area contributed by atoms with Crippen LogP contribution in [0.1, 0.15) is 40.5 Å². The Morgan fingerprint density at radius 3 is 2.56 bits per heavy atom. The van der Waals surface area contributed by atoms with E-state index in [1.807, 2.05) is 26.8 Å². The first-order chi connectivity index (χ1) is 7.37. The standard InChI is InChI=1S/C13H23NO2/c1-6-9-8-11(14-10(9)7-2)12(15)16-13(3,4)5/h7,9-11,14H,2,6,8H2,1,3-5H3/t9-,10+,11+/m1/s1. The SMILES string of the molecule is C=C[C@@H]1N[C@H](C(=O)OC(C)(C)C)C[C@H]1CC. The molecule has 3 heteroatoms. The highest BCUT2D eigenvalue weighted by atomic mass is 16.6. The van der Waals surface area contributed by atoms with Gasteiger partial charge in [-0.1, -0.05) is 19.4 Å². The van der Waals surface area contributed by atoms with Gasteiger partial charge < -0.3 is 4.74 Å². The van der Waals surface area contributed by atoms with Gasteiger partial charge >= 0.3 is 5.97 Å². The molecule has 1 N–H and O–H groups in total. The summed E-state index contributed by atoms with van der Waals surface area (Å²) in [7, 11) is 0. The average Bonchev–Trinajstić information content (AvgIpc) is 2.57. The molecule has 3 nitrogen and oxygen atoms in total. The van der Waals surface area contributed by atoms with Gasteiger partial charge in [-0.15, -0.1) is 6.58 Å². The number of ether oxygens (including phenoxy) is 1. The first-order valence-corrected chi connectivity index (χ1v) is 5.99. The monoisotopic (exact) mass is 225 g/mol. The summed E-state index contributed by atoms with van der Waals surface area (Å²) in [5.74, 6) is 0.352. The molecule has 0 spiro atoms. The second kappa shape index (κ2) is 5.00. The maximum Gasteiger partial charge on any atom is 0.323 e. The quantitative estimate of drug-likeness (QED) is 0.591. The van der Waals surface area contributed by atoms with Gasteiger partial charge in [-0.2, -0.15) is 0 Å². The van der Waals surface area contributed by atoms with E-state index in [2.05, 4.69) is 18.8 Å². The van der Waals surface area contributed by atoms with Gasteiger partial charge in [0, 0.05) is 6.04 Å². The molecule has 1 rings (SSSR count). The van der Waals surface area contributed by atoms with Crippen LogP contribution in [0.25, 0.3) is 0 Å². The third-order valence-electron chi connectivity index (χ3n) is 2.91. The maximum atomic E-state index is 11.9. The van der Waals surface area contributed by atoms with E-state index in [0.29, 0.717) is 5.92 Å². The van der Waals surface area contributed by atoms with Crippen LogP contribution < -0.4 is 5.32 Å². The fraction of sp³-hybridized carbons (Fsp3) is 0.769. The van der Waals surface area contributed by atoms with Crippen LogP contribution in [0.2, 0.25) is 0 Å². The summed E-state index contributed by atoms with van der Waals surface area (Å²) in [5.41, 5.74) is -0.410. The number of rotatable bonds is 3. The zero-order chi connectivity index (χ0) is 12.3. The molecule has 0 aromatic heterocycles. The highest BCUT2D eigenvalue weighted by Crippen LogP contribution is 2.25. The maximum absolute atomic E-state index is 11.9. The van der Waals surface area contributed by atoms with Gasteiger partial charge in [0.1, 0.15) is 11.6 Å². The van der Waals surface area contributed by atoms with Gasteiger partial charge in [-0.3, -0.25) is 10.1 Å². The van der Waals surface area contributed by atoms with E-state index in [1.165, 1.54) is 0 Å². The fourth-order valence-corrected chi connectivity index (χ4v) is 2.10. The summed E-state index contributed by atoms with van der Waals surface area (Å²) in [5, 5.41) is 3.27. The second-order valence-electron chi connectivity index (χ2n) is 5.42. The number of hydrogen-bond donors (Lipinski definition) is 1. The van der Waals surface area contributed by atoms with Crippen LogP contribution in [0.3, 0.4) is 0 Å². The van der Waals surface area contributed by atoms with Crippen molar-refractivity contribution in [2.45, 2.75) is 58.2 Å². The van der Waals surface area contributed by atoms with Crippen LogP contribution in [0.15, 0.2) is 12.7 Å². The van der Waals surface area contributed by atoms with Crippen molar-refractivity contribution in [2.24, 2.45) is 5.92 Å². The molecule has 0 saturated carbocycles. The van der Waals surface area contributed by atoms with Crippen molar-refractivity contribution in [2.75, 3.05) is 0 Å². The fourth-order valence-electron chi connectivity index (χ4n) is 2.10. The molecule has 0 aromatic carbocycles. The van der Waals surface area contributed by atoms with Crippen LogP contribution in [-0.2, 0) is 9.53 Å². The Labute approximate surface area is 98.2 Å². The van der Waals surface area contributed by atoms with Crippen molar-refractivity contribution in [3.63, 3.8) is 0 Å². The minimum absolute atomic E-state index is 0.143. The predicted molar refractivity (Wildman–Crippen MR) is 65.2 cm³/mol. The molecule has 16 heavy (non-hydrogen) atoms. The Morgan fingerprint density at radius 1 is 1.56 bits per heavy atom. The highest BCUT2D eigenvalue weighted by molar-refractivity contribution is 5.76. The Morgan fingerprint density at radius 2 is 2.19 bits per heavy atom. The Hall–Kier alpha value is -0.830. The molecule has 0 bridgehead atoms. The number of hydrogen-bond acceptors (Lipinski definition) is 3. The lowest BCUT2D eigenvalue weighted by molar-refractivity contribution is -0.157. The summed E-state index contributed by atoms with van der Waals surface area (Å²) in [4.78, 5) is 11.9. The molecule has 92 valence electrons. The Bertz CT molecular complexity index is 268. The number of carbonyl (C=O) groups is 1. The van der Waals surface area contributed by atoms with E-state index in [-0.39, 0.29) is 18.1 Å². The summed E-state index contributed by atoms with van der Waals surface area (Å²) >= 11 is 0. The minimum atomic E-state index is -0.410. The summed E-state index contributed by atoms with van der Waals surface area (Å²) in [6, 6.07) is 0.0645. The number of carbonyl (C=O) groups excluding carboxylic acids is 1. The van der Waals surface area contributed by atoms with Gasteiger partial charge in [0.25, 0.3) is 0 Å². The molecule has 0 aromatic rings. The van der Waals surface area contributed by atoms with Crippen molar-refractivity contribution >= 4 is 5.97 Å². The molecule has 1 aliphatic rings. The van der Waals surface area contributed by atoms with E-state index in [0.717, 1.165) is 12.8 Å². The van der Waals surface area contributed by atoms with Gasteiger partial charge in [0.15, 0.2) is 0 Å². The van der Waals surface area contributed by atoms with E-state index < -0.39 is 5.60 Å². The molecular weight excluding hydrogens is 202 g/mol. The summed E-state index contributed by atoms with van der Waals surface area (Å²) in [6.07, 6.45) is 3.80. The largest absolute Gasteiger partial charge is 0.459 e. The molecule has 1 saturated heterocycles. The lowest BCUT2D eigenvalue weighted by atomic mass is 9.96. The van der Waals surface area contributed by atoms with Crippen LogP contribution in [-0.4, -0.2) is 23.7 Å². The van der Waals surface area contributed by atoms with E-state index >= 15 is 0 Å². The lowest BCUT2D eigenvalue weighted by Crippen LogP contribution is -2.39. The second-order valence-corrected chi connectivity index (χ2v) is 5.42. The highest BCUT2D eigenvalue weighted by Gasteiger charge is 2.36. The molecular formula is C13H23NO2. The van der Waals surface area contributed by atoms with Crippen molar-refractivity contribution < 1.29 is 9.53 Å². The van der Waals surface area contributed by atoms with Crippen molar-refractivity contribution in [3.8, 4) is 0 Å². The normalized spacial score (nSPS) is 30.1. The number of nitrogens with one attached hydrogen (secondary N) is 1. The van der Waals surface area contributed by atoms with Gasteiger partial charge in [0.05, 0.1) is 0 Å². The topological polar surface area (TPSA) is 38.3 Å².